The molecule has 2 aromatic rings. The van der Waals surface area contributed by atoms with Gasteiger partial charge < -0.3 is 18.9 Å². The molecule has 1 aliphatic heterocycles. The van der Waals surface area contributed by atoms with Crippen LogP contribution in [-0.4, -0.2) is 43.9 Å². The van der Waals surface area contributed by atoms with Gasteiger partial charge in [-0.15, -0.1) is 0 Å². The van der Waals surface area contributed by atoms with Crippen LogP contribution in [0.5, 0.6) is 11.6 Å². The Morgan fingerprint density at radius 2 is 1.97 bits per heavy atom. The van der Waals surface area contributed by atoms with Crippen LogP contribution in [0.25, 0.3) is 0 Å². The third-order valence-corrected chi connectivity index (χ3v) is 6.31. The lowest BCUT2D eigenvalue weighted by Gasteiger charge is -2.26. The van der Waals surface area contributed by atoms with Crippen molar-refractivity contribution in [2.24, 2.45) is 5.41 Å². The number of methoxy groups -OCH3 is 2. The van der Waals surface area contributed by atoms with Gasteiger partial charge in [-0.2, -0.15) is 0 Å². The van der Waals surface area contributed by atoms with Gasteiger partial charge in [0.15, 0.2) is 0 Å². The van der Waals surface area contributed by atoms with E-state index in [4.69, 9.17) is 18.9 Å². The summed E-state index contributed by atoms with van der Waals surface area (Å²) in [7, 11) is 2.96. The van der Waals surface area contributed by atoms with Crippen LogP contribution < -0.4 is 9.47 Å². The average Bonchev–Trinajstić information content (AvgIpc) is 3.46. The molecule has 0 radical (unpaired) electrons. The van der Waals surface area contributed by atoms with Gasteiger partial charge in [0.1, 0.15) is 23.6 Å². The first-order valence-electron chi connectivity index (χ1n) is 10.4. The highest BCUT2D eigenvalue weighted by Crippen LogP contribution is 2.64. The molecule has 0 amide bonds. The number of esters is 2. The number of halogens is 1. The van der Waals surface area contributed by atoms with Crippen molar-refractivity contribution in [3.8, 4) is 11.6 Å². The summed E-state index contributed by atoms with van der Waals surface area (Å²) in [6, 6.07) is 6.84. The second-order valence-electron chi connectivity index (χ2n) is 9.07. The second kappa shape index (κ2) is 7.76. The van der Waals surface area contributed by atoms with Crippen molar-refractivity contribution >= 4 is 11.9 Å². The molecule has 1 saturated heterocycles. The molecule has 170 valence electrons. The van der Waals surface area contributed by atoms with Crippen molar-refractivity contribution in [2.45, 2.75) is 44.6 Å². The lowest BCUT2D eigenvalue weighted by molar-refractivity contribution is -0.165. The predicted octanol–water partition coefficient (Wildman–Crippen LogP) is 3.47. The van der Waals surface area contributed by atoms with Gasteiger partial charge in [0.05, 0.1) is 20.4 Å². The minimum Gasteiger partial charge on any atom is -0.496 e. The molecule has 0 bridgehead atoms. The summed E-state index contributed by atoms with van der Waals surface area (Å²) in [5.41, 5.74) is 0.155. The zero-order chi connectivity index (χ0) is 23.3. The number of benzene rings is 1. The van der Waals surface area contributed by atoms with E-state index in [1.54, 1.807) is 19.9 Å². The van der Waals surface area contributed by atoms with Crippen molar-refractivity contribution in [3.05, 3.63) is 53.0 Å². The van der Waals surface area contributed by atoms with Crippen LogP contribution in [0.4, 0.5) is 4.39 Å². The van der Waals surface area contributed by atoms with Gasteiger partial charge in [0.2, 0.25) is 12.0 Å². The molecular formula is C24H26FNO6. The zero-order valence-electron chi connectivity index (χ0n) is 18.7. The Kier molecular flexibility index (Phi) is 5.35. The van der Waals surface area contributed by atoms with Gasteiger partial charge in [-0.05, 0) is 25.5 Å². The minimum absolute atomic E-state index is 0.162. The molecule has 2 heterocycles. The first kappa shape index (κ1) is 22.0. The van der Waals surface area contributed by atoms with E-state index in [-0.39, 0.29) is 12.5 Å². The molecule has 2 aliphatic rings. The third-order valence-electron chi connectivity index (χ3n) is 6.31. The summed E-state index contributed by atoms with van der Waals surface area (Å²) >= 11 is 0. The van der Waals surface area contributed by atoms with Crippen molar-refractivity contribution in [2.75, 3.05) is 20.8 Å². The molecule has 8 heteroatoms. The Labute approximate surface area is 185 Å². The van der Waals surface area contributed by atoms with E-state index in [0.29, 0.717) is 23.3 Å². The molecule has 2 fully saturated rings. The Morgan fingerprint density at radius 1 is 1.22 bits per heavy atom. The van der Waals surface area contributed by atoms with Crippen molar-refractivity contribution in [1.29, 1.82) is 0 Å². The fourth-order valence-electron chi connectivity index (χ4n) is 4.45. The van der Waals surface area contributed by atoms with Gasteiger partial charge >= 0.3 is 11.9 Å². The summed E-state index contributed by atoms with van der Waals surface area (Å²) in [6.45, 7) is 5.68. The number of cyclic esters (lactones) is 1. The van der Waals surface area contributed by atoms with Crippen LogP contribution in [0.3, 0.4) is 0 Å². The number of hydrogen-bond donors (Lipinski definition) is 0. The number of carbonyl (C=O) groups is 2. The molecule has 2 unspecified atom stereocenters. The van der Waals surface area contributed by atoms with E-state index in [1.807, 2.05) is 19.1 Å². The number of aromatic nitrogens is 1. The van der Waals surface area contributed by atoms with Crippen LogP contribution in [0.2, 0.25) is 0 Å². The summed E-state index contributed by atoms with van der Waals surface area (Å²) in [6.07, 6.45) is 0.362. The Hall–Kier alpha value is -3.16. The molecule has 1 saturated carbocycles. The fraction of sp³-hybridized carbons (Fsp3) is 0.458. The Bertz CT molecular complexity index is 1080. The van der Waals surface area contributed by atoms with Crippen LogP contribution in [-0.2, 0) is 24.5 Å². The lowest BCUT2D eigenvalue weighted by atomic mass is 9.87. The number of ether oxygens (including phenoxy) is 4. The maximum absolute atomic E-state index is 14.1. The lowest BCUT2D eigenvalue weighted by Crippen LogP contribution is -2.39. The number of carbonyl (C=O) groups excluding carboxylic acids is 2. The maximum atomic E-state index is 14.1. The van der Waals surface area contributed by atoms with E-state index < -0.39 is 40.6 Å². The smallest absolute Gasteiger partial charge is 0.348 e. The van der Waals surface area contributed by atoms with E-state index in [1.165, 1.54) is 20.3 Å². The largest absolute Gasteiger partial charge is 0.496 e. The fourth-order valence-corrected chi connectivity index (χ4v) is 4.45. The highest BCUT2D eigenvalue weighted by Gasteiger charge is 2.66. The molecule has 0 spiro atoms. The van der Waals surface area contributed by atoms with Gasteiger partial charge in [-0.1, -0.05) is 31.5 Å². The van der Waals surface area contributed by atoms with Gasteiger partial charge in [-0.3, -0.25) is 4.79 Å². The zero-order valence-corrected chi connectivity index (χ0v) is 18.7. The van der Waals surface area contributed by atoms with Crippen LogP contribution in [0, 0.1) is 18.2 Å². The Morgan fingerprint density at radius 3 is 2.59 bits per heavy atom. The van der Waals surface area contributed by atoms with Gasteiger partial charge in [0.25, 0.3) is 0 Å². The SMILES string of the molecule is COc1ccc(C)cc1C1(C(=O)O[C@H]2C(=O)OCC2(C)C)CC1c1cc(F)cnc1OC. The molecule has 4 rings (SSSR count). The number of nitrogens with zero attached hydrogens (tertiary/aromatic N) is 1. The molecule has 1 aromatic carbocycles. The maximum Gasteiger partial charge on any atom is 0.348 e. The van der Waals surface area contributed by atoms with Crippen LogP contribution in [0.15, 0.2) is 30.5 Å². The predicted molar refractivity (Wildman–Crippen MR) is 112 cm³/mol. The van der Waals surface area contributed by atoms with Gasteiger partial charge in [0, 0.05) is 22.5 Å². The molecule has 32 heavy (non-hydrogen) atoms. The highest BCUT2D eigenvalue weighted by molar-refractivity contribution is 5.93. The number of aryl methyl sites for hydroxylation is 1. The first-order valence-corrected chi connectivity index (χ1v) is 10.4. The highest BCUT2D eigenvalue weighted by atomic mass is 19.1. The van der Waals surface area contributed by atoms with E-state index in [2.05, 4.69) is 4.98 Å². The van der Waals surface area contributed by atoms with Crippen molar-refractivity contribution in [1.82, 2.24) is 4.98 Å². The molecule has 7 nitrogen and oxygen atoms in total. The third kappa shape index (κ3) is 3.47. The summed E-state index contributed by atoms with van der Waals surface area (Å²) in [5.74, 6) is -1.42. The number of hydrogen-bond acceptors (Lipinski definition) is 7. The van der Waals surface area contributed by atoms with Crippen molar-refractivity contribution in [3.63, 3.8) is 0 Å². The molecular weight excluding hydrogens is 417 g/mol. The van der Waals surface area contributed by atoms with Crippen molar-refractivity contribution < 1.29 is 32.9 Å². The van der Waals surface area contributed by atoms with Crippen LogP contribution >= 0.6 is 0 Å². The second-order valence-corrected chi connectivity index (χ2v) is 9.07. The molecule has 3 atom stereocenters. The standard InChI is InChI=1S/C24H26FNO6/c1-13-6-7-18(29-4)16(8-13)24(22(28)32-19-21(27)31-12-23(19,2)3)10-17(24)15-9-14(25)11-26-20(15)30-5/h6-9,11,17,19H,10,12H2,1-5H3/t17?,19-,24?/m0/s1. The minimum atomic E-state index is -1.18. The first-order chi connectivity index (χ1) is 15.1. The molecule has 0 N–H and O–H groups in total. The molecule has 1 aliphatic carbocycles. The van der Waals surface area contributed by atoms with E-state index in [0.717, 1.165) is 11.8 Å². The average molecular weight is 443 g/mol. The van der Waals surface area contributed by atoms with E-state index >= 15 is 0 Å². The normalized spacial score (nSPS) is 25.8. The topological polar surface area (TPSA) is 84.0 Å². The summed E-state index contributed by atoms with van der Waals surface area (Å²) in [4.78, 5) is 30.0. The molecule has 1 aromatic heterocycles. The quantitative estimate of drug-likeness (QED) is 0.632. The number of rotatable bonds is 6. The summed E-state index contributed by atoms with van der Waals surface area (Å²) in [5, 5.41) is 0. The van der Waals surface area contributed by atoms with Gasteiger partial charge in [-0.25, -0.2) is 14.2 Å². The number of pyridine rings is 1. The Balaban J connectivity index is 1.81. The van der Waals surface area contributed by atoms with Crippen LogP contribution in [0.1, 0.15) is 42.9 Å². The van der Waals surface area contributed by atoms with E-state index in [9.17, 15) is 14.0 Å². The summed E-state index contributed by atoms with van der Waals surface area (Å²) < 4.78 is 35.9. The monoisotopic (exact) mass is 443 g/mol.